The van der Waals surface area contributed by atoms with E-state index in [4.69, 9.17) is 14.2 Å². The molecule has 0 heterocycles. The van der Waals surface area contributed by atoms with Gasteiger partial charge in [-0.25, -0.2) is 4.39 Å². The van der Waals surface area contributed by atoms with Gasteiger partial charge in [-0.05, 0) is 86.9 Å². The minimum Gasteiger partial charge on any atom is -0.497 e. The van der Waals surface area contributed by atoms with Crippen molar-refractivity contribution < 1.29 is 28.5 Å². The summed E-state index contributed by atoms with van der Waals surface area (Å²) in [7, 11) is 1.55. The van der Waals surface area contributed by atoms with Crippen molar-refractivity contribution in [3.8, 4) is 28.4 Å². The Hall–Kier alpha value is -3.54. The highest BCUT2D eigenvalue weighted by Crippen LogP contribution is 2.44. The standard InChI is InChI=1S/C30H33FO5/c1-30(2,3)36-28-16-23(10-12-24(28)26-15-22(34-4)11-13-27(26)31)35-18-19-6-5-7-21(14-19)25(17-29(32)33)20-8-9-20/h5-7,10-16,20,25H,8-9,17-18H2,1-4H3,(H,32,33). The minimum absolute atomic E-state index is 0.0336. The van der Waals surface area contributed by atoms with Gasteiger partial charge in [0.25, 0.3) is 0 Å². The summed E-state index contributed by atoms with van der Waals surface area (Å²) in [4.78, 5) is 11.4. The normalized spacial score (nSPS) is 14.2. The molecule has 1 unspecified atom stereocenters. The number of carboxylic acid groups (broad SMARTS) is 1. The summed E-state index contributed by atoms with van der Waals surface area (Å²) in [5.74, 6) is 0.997. The Balaban J connectivity index is 1.57. The van der Waals surface area contributed by atoms with E-state index in [1.807, 2.05) is 45.0 Å². The number of methoxy groups -OCH3 is 1. The molecule has 1 N–H and O–H groups in total. The minimum atomic E-state index is -0.771. The first-order chi connectivity index (χ1) is 17.1. The number of halogens is 1. The summed E-state index contributed by atoms with van der Waals surface area (Å²) in [6.07, 6.45) is 2.30. The first kappa shape index (κ1) is 25.5. The number of ether oxygens (including phenoxy) is 3. The lowest BCUT2D eigenvalue weighted by Crippen LogP contribution is -2.23. The molecule has 0 aromatic heterocycles. The van der Waals surface area contributed by atoms with Gasteiger partial charge in [-0.1, -0.05) is 24.3 Å². The van der Waals surface area contributed by atoms with Crippen molar-refractivity contribution in [1.29, 1.82) is 0 Å². The number of carboxylic acids is 1. The molecule has 3 aromatic carbocycles. The van der Waals surface area contributed by atoms with E-state index < -0.39 is 11.6 Å². The van der Waals surface area contributed by atoms with E-state index in [2.05, 4.69) is 0 Å². The van der Waals surface area contributed by atoms with Crippen molar-refractivity contribution in [1.82, 2.24) is 0 Å². The average Bonchev–Trinajstić information content (AvgIpc) is 3.66. The first-order valence-corrected chi connectivity index (χ1v) is 12.2. The maximum Gasteiger partial charge on any atom is 0.303 e. The molecule has 0 spiro atoms. The van der Waals surface area contributed by atoms with Gasteiger partial charge in [0.05, 0.1) is 13.5 Å². The van der Waals surface area contributed by atoms with E-state index in [9.17, 15) is 14.3 Å². The number of benzene rings is 3. The molecule has 4 rings (SSSR count). The molecule has 1 fully saturated rings. The third kappa shape index (κ3) is 6.56. The molecule has 0 amide bonds. The zero-order valence-electron chi connectivity index (χ0n) is 21.2. The van der Waals surface area contributed by atoms with Gasteiger partial charge in [0.15, 0.2) is 0 Å². The molecule has 1 saturated carbocycles. The van der Waals surface area contributed by atoms with Gasteiger partial charge in [-0.3, -0.25) is 4.79 Å². The van der Waals surface area contributed by atoms with Crippen LogP contribution in [0.25, 0.3) is 11.1 Å². The van der Waals surface area contributed by atoms with E-state index in [0.717, 1.165) is 24.0 Å². The second-order valence-electron chi connectivity index (χ2n) is 10.3. The highest BCUT2D eigenvalue weighted by molar-refractivity contribution is 5.73. The van der Waals surface area contributed by atoms with E-state index >= 15 is 0 Å². The summed E-state index contributed by atoms with van der Waals surface area (Å²) in [5, 5.41) is 9.33. The number of aliphatic carboxylic acids is 1. The van der Waals surface area contributed by atoms with Gasteiger partial charge in [-0.2, -0.15) is 0 Å². The maximum atomic E-state index is 14.7. The Morgan fingerprint density at radius 1 is 1.03 bits per heavy atom. The fourth-order valence-electron chi connectivity index (χ4n) is 4.39. The Morgan fingerprint density at radius 2 is 1.78 bits per heavy atom. The second-order valence-corrected chi connectivity index (χ2v) is 10.3. The fraction of sp³-hybridized carbons (Fsp3) is 0.367. The zero-order chi connectivity index (χ0) is 25.9. The lowest BCUT2D eigenvalue weighted by atomic mass is 9.90. The van der Waals surface area contributed by atoms with Gasteiger partial charge in [0, 0.05) is 17.2 Å². The molecule has 190 valence electrons. The van der Waals surface area contributed by atoms with Crippen LogP contribution in [0.4, 0.5) is 4.39 Å². The molecule has 1 aliphatic carbocycles. The number of hydrogen-bond acceptors (Lipinski definition) is 4. The molecule has 1 aliphatic rings. The average molecular weight is 493 g/mol. The molecule has 6 heteroatoms. The molecule has 36 heavy (non-hydrogen) atoms. The van der Waals surface area contributed by atoms with Crippen molar-refractivity contribution >= 4 is 5.97 Å². The molecule has 3 aromatic rings. The fourth-order valence-corrected chi connectivity index (χ4v) is 4.39. The topological polar surface area (TPSA) is 65.0 Å². The molecule has 0 aliphatic heterocycles. The molecule has 1 atom stereocenters. The molecular weight excluding hydrogens is 459 g/mol. The zero-order valence-corrected chi connectivity index (χ0v) is 21.2. The van der Waals surface area contributed by atoms with Crippen LogP contribution in [-0.2, 0) is 11.4 Å². The van der Waals surface area contributed by atoms with Crippen molar-refractivity contribution in [3.05, 3.63) is 77.6 Å². The number of rotatable bonds is 10. The van der Waals surface area contributed by atoms with Crippen molar-refractivity contribution in [2.24, 2.45) is 5.92 Å². The summed E-state index contributed by atoms with van der Waals surface area (Å²) in [6.45, 7) is 6.13. The quantitative estimate of drug-likeness (QED) is 0.324. The van der Waals surface area contributed by atoms with Gasteiger partial charge in [-0.15, -0.1) is 0 Å². The van der Waals surface area contributed by atoms with Crippen molar-refractivity contribution in [3.63, 3.8) is 0 Å². The Kier molecular flexibility index (Phi) is 7.53. The Morgan fingerprint density at radius 3 is 2.44 bits per heavy atom. The Labute approximate surface area is 211 Å². The highest BCUT2D eigenvalue weighted by Gasteiger charge is 2.33. The lowest BCUT2D eigenvalue weighted by Gasteiger charge is -2.24. The van der Waals surface area contributed by atoms with Crippen LogP contribution in [0.15, 0.2) is 60.7 Å². The third-order valence-electron chi connectivity index (χ3n) is 6.20. The van der Waals surface area contributed by atoms with Gasteiger partial charge in [0.1, 0.15) is 35.3 Å². The second kappa shape index (κ2) is 10.6. The number of carbonyl (C=O) groups is 1. The van der Waals surface area contributed by atoms with Crippen LogP contribution in [0.1, 0.15) is 57.1 Å². The summed E-state index contributed by atoms with van der Waals surface area (Å²) in [5.41, 5.74) is 2.50. The van der Waals surface area contributed by atoms with E-state index in [1.54, 1.807) is 37.4 Å². The van der Waals surface area contributed by atoms with Crippen LogP contribution in [0.2, 0.25) is 0 Å². The summed E-state index contributed by atoms with van der Waals surface area (Å²) >= 11 is 0. The Bertz CT molecular complexity index is 1230. The van der Waals surface area contributed by atoms with Crippen LogP contribution in [-0.4, -0.2) is 23.8 Å². The van der Waals surface area contributed by atoms with Crippen LogP contribution in [0.5, 0.6) is 17.2 Å². The summed E-state index contributed by atoms with van der Waals surface area (Å²) in [6, 6.07) is 18.0. The highest BCUT2D eigenvalue weighted by atomic mass is 19.1. The van der Waals surface area contributed by atoms with Crippen LogP contribution in [0, 0.1) is 11.7 Å². The smallest absolute Gasteiger partial charge is 0.303 e. The third-order valence-corrected chi connectivity index (χ3v) is 6.20. The molecule has 5 nitrogen and oxygen atoms in total. The van der Waals surface area contributed by atoms with E-state index in [0.29, 0.717) is 40.9 Å². The first-order valence-electron chi connectivity index (χ1n) is 12.2. The summed E-state index contributed by atoms with van der Waals surface area (Å²) < 4.78 is 32.3. The van der Waals surface area contributed by atoms with Gasteiger partial charge >= 0.3 is 5.97 Å². The van der Waals surface area contributed by atoms with E-state index in [-0.39, 0.29) is 18.2 Å². The predicted molar refractivity (Wildman–Crippen MR) is 137 cm³/mol. The molecule has 0 bridgehead atoms. The maximum absolute atomic E-state index is 14.7. The monoisotopic (exact) mass is 492 g/mol. The van der Waals surface area contributed by atoms with Gasteiger partial charge < -0.3 is 19.3 Å². The lowest BCUT2D eigenvalue weighted by molar-refractivity contribution is -0.137. The van der Waals surface area contributed by atoms with E-state index in [1.165, 1.54) is 6.07 Å². The predicted octanol–water partition coefficient (Wildman–Crippen LogP) is 7.23. The van der Waals surface area contributed by atoms with Crippen LogP contribution >= 0.6 is 0 Å². The van der Waals surface area contributed by atoms with Gasteiger partial charge in [0.2, 0.25) is 0 Å². The van der Waals surface area contributed by atoms with Crippen LogP contribution in [0.3, 0.4) is 0 Å². The largest absolute Gasteiger partial charge is 0.497 e. The SMILES string of the molecule is COc1ccc(F)c(-c2ccc(OCc3cccc(C(CC(=O)O)C4CC4)c3)cc2OC(C)(C)C)c1. The number of hydrogen-bond donors (Lipinski definition) is 1. The molecular formula is C30H33FO5. The van der Waals surface area contributed by atoms with Crippen molar-refractivity contribution in [2.75, 3.05) is 7.11 Å². The molecule has 0 radical (unpaired) electrons. The van der Waals surface area contributed by atoms with Crippen molar-refractivity contribution in [2.45, 2.75) is 58.2 Å². The van der Waals surface area contributed by atoms with Crippen LogP contribution < -0.4 is 14.2 Å². The molecule has 0 saturated heterocycles.